The molecule has 0 bridgehead atoms. The predicted molar refractivity (Wildman–Crippen MR) is 68.3 cm³/mol. The van der Waals surface area contributed by atoms with Crippen molar-refractivity contribution in [3.05, 3.63) is 57.8 Å². The van der Waals surface area contributed by atoms with Gasteiger partial charge in [-0.2, -0.15) is 10.4 Å². The number of anilines is 1. The summed E-state index contributed by atoms with van der Waals surface area (Å²) in [6, 6.07) is 7.36. The minimum atomic E-state index is -0.523. The van der Waals surface area contributed by atoms with Gasteiger partial charge in [-0.3, -0.25) is 4.79 Å². The molecule has 0 fully saturated rings. The molecular weight excluding hydrogens is 247 g/mol. The minimum absolute atomic E-state index is 0.0281. The topological polar surface area (TPSA) is 70.7 Å². The molecule has 1 heterocycles. The van der Waals surface area contributed by atoms with Crippen LogP contribution in [0.5, 0.6) is 0 Å². The molecule has 0 spiro atoms. The van der Waals surface area contributed by atoms with E-state index in [4.69, 9.17) is 5.26 Å². The van der Waals surface area contributed by atoms with Crippen molar-refractivity contribution in [3.63, 3.8) is 0 Å². The van der Waals surface area contributed by atoms with Crippen molar-refractivity contribution in [2.24, 2.45) is 0 Å². The number of rotatable bonds is 3. The molecule has 0 aliphatic rings. The first-order chi connectivity index (χ1) is 9.13. The van der Waals surface area contributed by atoms with Gasteiger partial charge in [0.2, 0.25) is 0 Å². The second kappa shape index (κ2) is 5.31. The highest BCUT2D eigenvalue weighted by atomic mass is 19.1. The number of aromatic nitrogens is 2. The van der Waals surface area contributed by atoms with Gasteiger partial charge < -0.3 is 5.32 Å². The molecule has 0 saturated heterocycles. The maximum absolute atomic E-state index is 13.7. The van der Waals surface area contributed by atoms with Gasteiger partial charge in [-0.25, -0.2) is 9.07 Å². The SMILES string of the molecule is CNc1cnn(Cc2ccc(C#N)cc2F)c(=O)c1. The van der Waals surface area contributed by atoms with Gasteiger partial charge in [0.15, 0.2) is 0 Å². The molecule has 0 aliphatic heterocycles. The van der Waals surface area contributed by atoms with Crippen molar-refractivity contribution in [3.8, 4) is 6.07 Å². The molecule has 19 heavy (non-hydrogen) atoms. The van der Waals surface area contributed by atoms with Gasteiger partial charge in [0.05, 0.1) is 30.1 Å². The molecule has 0 radical (unpaired) electrons. The standard InChI is InChI=1S/C13H11FN4O/c1-16-11-5-13(19)18(17-7-11)8-10-3-2-9(6-15)4-12(10)14/h2-5,7,16H,8H2,1H3. The second-order valence-electron chi connectivity index (χ2n) is 3.91. The molecule has 0 saturated carbocycles. The van der Waals surface area contributed by atoms with Crippen LogP contribution in [0.4, 0.5) is 10.1 Å². The zero-order valence-corrected chi connectivity index (χ0v) is 10.2. The first-order valence-electron chi connectivity index (χ1n) is 5.57. The number of benzene rings is 1. The van der Waals surface area contributed by atoms with Gasteiger partial charge in [0, 0.05) is 18.7 Å². The Labute approximate surface area is 108 Å². The third-order valence-electron chi connectivity index (χ3n) is 2.66. The molecule has 5 nitrogen and oxygen atoms in total. The molecule has 1 aromatic carbocycles. The third kappa shape index (κ3) is 2.77. The van der Waals surface area contributed by atoms with Crippen LogP contribution in [0.1, 0.15) is 11.1 Å². The summed E-state index contributed by atoms with van der Waals surface area (Å²) in [5.74, 6) is -0.523. The van der Waals surface area contributed by atoms with Crippen molar-refractivity contribution in [2.75, 3.05) is 12.4 Å². The zero-order valence-electron chi connectivity index (χ0n) is 10.2. The number of hydrogen-bond acceptors (Lipinski definition) is 4. The molecule has 96 valence electrons. The van der Waals surface area contributed by atoms with E-state index in [0.717, 1.165) is 10.7 Å². The normalized spacial score (nSPS) is 9.95. The van der Waals surface area contributed by atoms with Gasteiger partial charge in [-0.05, 0) is 12.1 Å². The highest BCUT2D eigenvalue weighted by Gasteiger charge is 2.06. The molecule has 0 aliphatic carbocycles. The molecule has 0 atom stereocenters. The van der Waals surface area contributed by atoms with Crippen molar-refractivity contribution in [2.45, 2.75) is 6.54 Å². The maximum Gasteiger partial charge on any atom is 0.269 e. The van der Waals surface area contributed by atoms with Crippen LogP contribution in [-0.2, 0) is 6.54 Å². The van der Waals surface area contributed by atoms with E-state index in [1.165, 1.54) is 24.4 Å². The van der Waals surface area contributed by atoms with Crippen LogP contribution < -0.4 is 10.9 Å². The lowest BCUT2D eigenvalue weighted by Crippen LogP contribution is -2.23. The summed E-state index contributed by atoms with van der Waals surface area (Å²) in [5, 5.41) is 15.4. The predicted octanol–water partition coefficient (Wildman–Crippen LogP) is 1.34. The van der Waals surface area contributed by atoms with Crippen LogP contribution in [0.15, 0.2) is 35.3 Å². The number of nitriles is 1. The lowest BCUT2D eigenvalue weighted by atomic mass is 10.1. The van der Waals surface area contributed by atoms with Crippen molar-refractivity contribution in [1.29, 1.82) is 5.26 Å². The highest BCUT2D eigenvalue weighted by molar-refractivity contribution is 5.38. The number of nitrogens with one attached hydrogen (secondary N) is 1. The molecule has 6 heteroatoms. The first-order valence-corrected chi connectivity index (χ1v) is 5.57. The Bertz CT molecular complexity index is 703. The Kier molecular flexibility index (Phi) is 3.57. The van der Waals surface area contributed by atoms with Crippen LogP contribution >= 0.6 is 0 Å². The van der Waals surface area contributed by atoms with E-state index in [1.54, 1.807) is 7.05 Å². The molecule has 2 aromatic rings. The van der Waals surface area contributed by atoms with Crippen LogP contribution in [0.3, 0.4) is 0 Å². The Morgan fingerprint density at radius 3 is 2.84 bits per heavy atom. The van der Waals surface area contributed by atoms with Gasteiger partial charge in [0.25, 0.3) is 5.56 Å². The minimum Gasteiger partial charge on any atom is -0.387 e. The largest absolute Gasteiger partial charge is 0.387 e. The molecule has 0 unspecified atom stereocenters. The first kappa shape index (κ1) is 12.8. The van der Waals surface area contributed by atoms with Crippen molar-refractivity contribution >= 4 is 5.69 Å². The molecule has 2 rings (SSSR count). The number of halogens is 1. The summed E-state index contributed by atoms with van der Waals surface area (Å²) >= 11 is 0. The smallest absolute Gasteiger partial charge is 0.269 e. The summed E-state index contributed by atoms with van der Waals surface area (Å²) in [6.45, 7) is 0.0281. The van der Waals surface area contributed by atoms with Crippen molar-refractivity contribution < 1.29 is 4.39 Å². The van der Waals surface area contributed by atoms with Gasteiger partial charge >= 0.3 is 0 Å². The summed E-state index contributed by atoms with van der Waals surface area (Å²) in [7, 11) is 1.68. The summed E-state index contributed by atoms with van der Waals surface area (Å²) in [4.78, 5) is 11.7. The lowest BCUT2D eigenvalue weighted by molar-refractivity contribution is 0.572. The zero-order chi connectivity index (χ0) is 13.8. The Balaban J connectivity index is 2.32. The number of hydrogen-bond donors (Lipinski definition) is 1. The average Bonchev–Trinajstić information content (AvgIpc) is 2.42. The second-order valence-corrected chi connectivity index (χ2v) is 3.91. The van der Waals surface area contributed by atoms with E-state index in [-0.39, 0.29) is 17.7 Å². The van der Waals surface area contributed by atoms with Crippen LogP contribution in [0, 0.1) is 17.1 Å². The van der Waals surface area contributed by atoms with E-state index in [0.29, 0.717) is 11.3 Å². The van der Waals surface area contributed by atoms with Gasteiger partial charge in [-0.1, -0.05) is 6.07 Å². The van der Waals surface area contributed by atoms with E-state index in [9.17, 15) is 9.18 Å². The highest BCUT2D eigenvalue weighted by Crippen LogP contribution is 2.10. The fourth-order valence-corrected chi connectivity index (χ4v) is 1.60. The van der Waals surface area contributed by atoms with E-state index in [1.807, 2.05) is 6.07 Å². The van der Waals surface area contributed by atoms with Crippen LogP contribution in [-0.4, -0.2) is 16.8 Å². The van der Waals surface area contributed by atoms with Crippen molar-refractivity contribution in [1.82, 2.24) is 9.78 Å². The Hall–Kier alpha value is -2.68. The fourth-order valence-electron chi connectivity index (χ4n) is 1.60. The fraction of sp³-hybridized carbons (Fsp3) is 0.154. The summed E-state index contributed by atoms with van der Waals surface area (Å²) in [5.41, 5.74) is 0.829. The third-order valence-corrected chi connectivity index (χ3v) is 2.66. The molecule has 0 amide bonds. The van der Waals surface area contributed by atoms with Crippen LogP contribution in [0.25, 0.3) is 0 Å². The van der Waals surface area contributed by atoms with Gasteiger partial charge in [0.1, 0.15) is 5.82 Å². The molecule has 1 aromatic heterocycles. The Morgan fingerprint density at radius 2 is 2.26 bits per heavy atom. The number of nitrogens with zero attached hydrogens (tertiary/aromatic N) is 3. The summed E-state index contributed by atoms with van der Waals surface area (Å²) < 4.78 is 14.9. The molecule has 1 N–H and O–H groups in total. The van der Waals surface area contributed by atoms with Crippen LogP contribution in [0.2, 0.25) is 0 Å². The summed E-state index contributed by atoms with van der Waals surface area (Å²) in [6.07, 6.45) is 1.49. The van der Waals surface area contributed by atoms with E-state index >= 15 is 0 Å². The quantitative estimate of drug-likeness (QED) is 0.902. The van der Waals surface area contributed by atoms with E-state index in [2.05, 4.69) is 10.4 Å². The monoisotopic (exact) mass is 258 g/mol. The average molecular weight is 258 g/mol. The maximum atomic E-state index is 13.7. The molecular formula is C13H11FN4O. The Morgan fingerprint density at radius 1 is 1.47 bits per heavy atom. The van der Waals surface area contributed by atoms with E-state index < -0.39 is 5.82 Å². The lowest BCUT2D eigenvalue weighted by Gasteiger charge is -2.07. The van der Waals surface area contributed by atoms with Gasteiger partial charge in [-0.15, -0.1) is 0 Å².